The maximum atomic E-state index is 6.11. The van der Waals surface area contributed by atoms with Crippen LogP contribution >= 0.6 is 15.9 Å². The lowest BCUT2D eigenvalue weighted by molar-refractivity contribution is 0.00578. The van der Waals surface area contributed by atoms with Gasteiger partial charge in [-0.15, -0.1) is 0 Å². The molecule has 10 heteroatoms. The molecule has 2 aliphatic heterocycles. The summed E-state index contributed by atoms with van der Waals surface area (Å²) in [5.41, 5.74) is -0.760. The van der Waals surface area contributed by atoms with E-state index in [1.165, 1.54) is 0 Å². The van der Waals surface area contributed by atoms with Crippen LogP contribution in [0.4, 0.5) is 0 Å². The normalized spacial score (nSPS) is 23.3. The summed E-state index contributed by atoms with van der Waals surface area (Å²) in [6.45, 7) is 26.9. The molecular weight excluding hydrogens is 503 g/mol. The topological polar surface area (TPSA) is 59.0 Å². The molecule has 1 aromatic heterocycles. The second kappa shape index (κ2) is 9.34. The summed E-state index contributed by atoms with van der Waals surface area (Å²) < 4.78 is 31.0. The Hall–Kier alpha value is -0.223. The van der Waals surface area contributed by atoms with Crippen LogP contribution in [0.1, 0.15) is 74.9 Å². The van der Waals surface area contributed by atoms with Crippen molar-refractivity contribution < 1.29 is 23.0 Å². The molecule has 0 bridgehead atoms. The van der Waals surface area contributed by atoms with Crippen LogP contribution in [0.25, 0.3) is 0 Å². The van der Waals surface area contributed by atoms with Crippen molar-refractivity contribution in [2.45, 2.75) is 117 Å². The van der Waals surface area contributed by atoms with Gasteiger partial charge in [-0.3, -0.25) is 4.98 Å². The zero-order chi connectivity index (χ0) is 25.7. The van der Waals surface area contributed by atoms with Crippen LogP contribution in [0.15, 0.2) is 22.8 Å². The van der Waals surface area contributed by atoms with Crippen LogP contribution in [-0.2, 0) is 28.6 Å². The average molecular weight is 545 g/mol. The Balaban J connectivity index is 0.000000238. The second-order valence-corrected chi connectivity index (χ2v) is 17.7. The lowest BCUT2D eigenvalue weighted by Crippen LogP contribution is -2.41. The smallest absolute Gasteiger partial charge is 0.407 e. The lowest BCUT2D eigenvalue weighted by atomic mass is 9.49. The van der Waals surface area contributed by atoms with Crippen molar-refractivity contribution >= 4 is 38.3 Å². The number of pyridine rings is 1. The monoisotopic (exact) mass is 544 g/mol. The van der Waals surface area contributed by atoms with E-state index in [0.29, 0.717) is 0 Å². The van der Waals surface area contributed by atoms with Crippen molar-refractivity contribution in [3.63, 3.8) is 0 Å². The highest BCUT2D eigenvalue weighted by molar-refractivity contribution is 9.10. The molecule has 3 rings (SSSR count). The Morgan fingerprint density at radius 1 is 0.788 bits per heavy atom. The minimum atomic E-state index is -1.54. The van der Waals surface area contributed by atoms with Gasteiger partial charge in [-0.05, 0) is 117 Å². The van der Waals surface area contributed by atoms with Crippen LogP contribution in [-0.4, -0.2) is 49.7 Å². The van der Waals surface area contributed by atoms with Crippen molar-refractivity contribution in [1.29, 1.82) is 0 Å². The number of nitrogens with zero attached hydrogens (tertiary/aromatic N) is 1. The number of halogens is 1. The predicted molar refractivity (Wildman–Crippen MR) is 142 cm³/mol. The fraction of sp³-hybridized carbons (Fsp3) is 0.783. The van der Waals surface area contributed by atoms with Crippen molar-refractivity contribution in [3.05, 3.63) is 28.5 Å². The van der Waals surface area contributed by atoms with Gasteiger partial charge in [-0.25, -0.2) is 0 Å². The molecule has 0 amide bonds. The predicted octanol–water partition coefficient (Wildman–Crippen LogP) is 6.18. The Labute approximate surface area is 211 Å². The summed E-state index contributed by atoms with van der Waals surface area (Å²) in [4.78, 5) is 4.38. The maximum Gasteiger partial charge on any atom is 0.488 e. The van der Waals surface area contributed by atoms with Crippen molar-refractivity contribution in [2.75, 3.05) is 0 Å². The van der Waals surface area contributed by atoms with Gasteiger partial charge in [0.25, 0.3) is 0 Å². The third-order valence-corrected chi connectivity index (χ3v) is 8.26. The van der Waals surface area contributed by atoms with Crippen molar-refractivity contribution in [1.82, 2.24) is 4.98 Å². The quantitative estimate of drug-likeness (QED) is 0.333. The van der Waals surface area contributed by atoms with Crippen LogP contribution in [0.3, 0.4) is 0 Å². The van der Waals surface area contributed by atoms with Gasteiger partial charge in [-0.2, -0.15) is 0 Å². The SMILES string of the molecule is CC1(C)OB(B2OC(C)(C)C(C)(C)O2)OC1(C)C.C[Si](C)(C)O[13C]([13CH3])([13CH3])c1ccc(Br)cn1. The zero-order valence-electron chi connectivity index (χ0n) is 22.8. The molecule has 0 saturated carbocycles. The van der Waals surface area contributed by atoms with E-state index < -0.39 is 22.3 Å². The highest BCUT2D eigenvalue weighted by Crippen LogP contribution is 2.42. The lowest BCUT2D eigenvalue weighted by Gasteiger charge is -2.32. The van der Waals surface area contributed by atoms with Crippen LogP contribution in [0.2, 0.25) is 19.6 Å². The molecule has 3 heterocycles. The van der Waals surface area contributed by atoms with E-state index in [-0.39, 0.29) is 28.0 Å². The highest BCUT2D eigenvalue weighted by atomic mass is 79.9. The van der Waals surface area contributed by atoms with Gasteiger partial charge in [0.05, 0.1) is 33.7 Å². The average Bonchev–Trinajstić information content (AvgIpc) is 2.93. The van der Waals surface area contributed by atoms with Crippen LogP contribution in [0.5, 0.6) is 0 Å². The Morgan fingerprint density at radius 2 is 1.15 bits per heavy atom. The van der Waals surface area contributed by atoms with Gasteiger partial charge >= 0.3 is 14.0 Å². The summed E-state index contributed by atoms with van der Waals surface area (Å²) in [6.07, 6.45) is 1.81. The highest BCUT2D eigenvalue weighted by Gasteiger charge is 2.63. The van der Waals surface area contributed by atoms with E-state index in [4.69, 9.17) is 23.0 Å². The van der Waals surface area contributed by atoms with E-state index in [1.54, 1.807) is 0 Å². The first-order chi connectivity index (χ1) is 14.6. The number of hydrogen-bond donors (Lipinski definition) is 0. The summed E-state index contributed by atoms with van der Waals surface area (Å²) in [5, 5.41) is 0. The number of hydrogen-bond acceptors (Lipinski definition) is 6. The fourth-order valence-electron chi connectivity index (χ4n) is 3.55. The van der Waals surface area contributed by atoms with Gasteiger partial charge in [0, 0.05) is 10.7 Å². The van der Waals surface area contributed by atoms with Gasteiger partial charge < -0.3 is 23.0 Å². The minimum Gasteiger partial charge on any atom is -0.407 e. The molecule has 186 valence electrons. The third-order valence-electron chi connectivity index (χ3n) is 6.67. The van der Waals surface area contributed by atoms with Gasteiger partial charge in [0.1, 0.15) is 0 Å². The summed E-state index contributed by atoms with van der Waals surface area (Å²) in [6, 6.07) is 4.00. The molecule has 0 spiro atoms. The maximum absolute atomic E-state index is 6.11. The molecular formula is C23H42B2BrNO5Si. The third kappa shape index (κ3) is 6.93. The Kier molecular flexibility index (Phi) is 8.21. The summed E-state index contributed by atoms with van der Waals surface area (Å²) in [7, 11) is -2.49. The molecule has 2 saturated heterocycles. The molecule has 0 unspecified atom stereocenters. The van der Waals surface area contributed by atoms with Crippen LogP contribution < -0.4 is 0 Å². The molecule has 1 aromatic rings. The van der Waals surface area contributed by atoms with Crippen molar-refractivity contribution in [3.8, 4) is 0 Å². The molecule has 0 radical (unpaired) electrons. The first-order valence-electron chi connectivity index (χ1n) is 11.6. The molecule has 0 atom stereocenters. The summed E-state index contributed by atoms with van der Waals surface area (Å²) in [5.74, 6) is 0. The zero-order valence-corrected chi connectivity index (χ0v) is 25.3. The molecule has 0 aromatic carbocycles. The Bertz CT molecular complexity index is 759. The molecule has 2 aliphatic rings. The van der Waals surface area contributed by atoms with E-state index >= 15 is 0 Å². The van der Waals surface area contributed by atoms with E-state index in [0.717, 1.165) is 10.2 Å². The minimum absolute atomic E-state index is 0.300. The fourth-order valence-corrected chi connectivity index (χ4v) is 5.42. The van der Waals surface area contributed by atoms with Crippen molar-refractivity contribution in [2.24, 2.45) is 0 Å². The molecule has 6 nitrogen and oxygen atoms in total. The first kappa shape index (κ1) is 29.0. The van der Waals surface area contributed by atoms with Gasteiger partial charge in [-0.1, -0.05) is 0 Å². The van der Waals surface area contributed by atoms with E-state index in [2.05, 4.69) is 54.4 Å². The second-order valence-electron chi connectivity index (χ2n) is 12.3. The largest absolute Gasteiger partial charge is 0.488 e. The molecule has 0 aliphatic carbocycles. The first-order valence-corrected chi connectivity index (χ1v) is 15.8. The Morgan fingerprint density at radius 3 is 1.42 bits per heavy atom. The van der Waals surface area contributed by atoms with Crippen LogP contribution in [0, 0.1) is 0 Å². The standard InChI is InChI=1S/C12H24B2O4.C11H18BrNOSi/c1-9(2)10(3,4)16-13(15-9)14-17-11(5,6)12(7,8)18-14;1-11(2,14-15(3,4)5)10-7-6-9(12)8-13-10/h1-8H3;6-8H,1-5H3/i;1+1,2+1,11+1. The summed E-state index contributed by atoms with van der Waals surface area (Å²) >= 11 is 3.38. The number of aromatic nitrogens is 1. The molecule has 33 heavy (non-hydrogen) atoms. The van der Waals surface area contributed by atoms with E-state index in [9.17, 15) is 0 Å². The van der Waals surface area contributed by atoms with Gasteiger partial charge in [0.2, 0.25) is 0 Å². The molecule has 2 fully saturated rings. The molecule has 0 N–H and O–H groups in total. The number of rotatable bonds is 4. The van der Waals surface area contributed by atoms with E-state index in [1.807, 2.05) is 73.7 Å². The van der Waals surface area contributed by atoms with Gasteiger partial charge in [0.15, 0.2) is 8.32 Å².